The summed E-state index contributed by atoms with van der Waals surface area (Å²) in [6.07, 6.45) is 4.39. The topological polar surface area (TPSA) is 55.3 Å². The standard InChI is InChI=1S/C14H16BrN3O2/c1-3-6-18(9-13(19)20-2)12-4-5-16-11-7-10(15)8-17-14(11)12/h4-5,7-8H,3,6,9H2,1-2H3. The van der Waals surface area contributed by atoms with Crippen LogP contribution < -0.4 is 4.90 Å². The molecule has 0 aliphatic carbocycles. The second-order valence-corrected chi connectivity index (χ2v) is 5.26. The van der Waals surface area contributed by atoms with Gasteiger partial charge in [0.05, 0.1) is 18.3 Å². The molecule has 0 spiro atoms. The first kappa shape index (κ1) is 14.7. The lowest BCUT2D eigenvalue weighted by atomic mass is 10.2. The number of hydrogen-bond donors (Lipinski definition) is 0. The van der Waals surface area contributed by atoms with Gasteiger partial charge in [0.1, 0.15) is 12.1 Å². The van der Waals surface area contributed by atoms with Crippen molar-refractivity contribution in [3.05, 3.63) is 29.0 Å². The second kappa shape index (κ2) is 6.65. The maximum absolute atomic E-state index is 11.6. The van der Waals surface area contributed by atoms with Gasteiger partial charge in [0, 0.05) is 23.4 Å². The average Bonchev–Trinajstić information content (AvgIpc) is 2.45. The van der Waals surface area contributed by atoms with Crippen LogP contribution in [0.25, 0.3) is 11.0 Å². The van der Waals surface area contributed by atoms with Crippen molar-refractivity contribution in [3.8, 4) is 0 Å². The Labute approximate surface area is 126 Å². The number of aromatic nitrogens is 2. The fourth-order valence-corrected chi connectivity index (χ4v) is 2.34. The Morgan fingerprint density at radius 2 is 2.25 bits per heavy atom. The van der Waals surface area contributed by atoms with Gasteiger partial charge in [0.2, 0.25) is 0 Å². The summed E-state index contributed by atoms with van der Waals surface area (Å²) in [5.74, 6) is -0.263. The summed E-state index contributed by atoms with van der Waals surface area (Å²) in [7, 11) is 1.40. The third-order valence-electron chi connectivity index (χ3n) is 2.90. The summed E-state index contributed by atoms with van der Waals surface area (Å²) in [6, 6.07) is 3.79. The van der Waals surface area contributed by atoms with Crippen LogP contribution in [0.1, 0.15) is 13.3 Å². The van der Waals surface area contributed by atoms with Crippen LogP contribution >= 0.6 is 15.9 Å². The zero-order valence-corrected chi connectivity index (χ0v) is 13.1. The van der Waals surface area contributed by atoms with Crippen molar-refractivity contribution in [2.45, 2.75) is 13.3 Å². The molecule has 0 fully saturated rings. The summed E-state index contributed by atoms with van der Waals surface area (Å²) in [6.45, 7) is 3.03. The molecular weight excluding hydrogens is 322 g/mol. The Bertz CT molecular complexity index is 618. The van der Waals surface area contributed by atoms with Gasteiger partial charge in [-0.1, -0.05) is 6.92 Å². The van der Waals surface area contributed by atoms with Crippen molar-refractivity contribution in [1.82, 2.24) is 9.97 Å². The first-order valence-electron chi connectivity index (χ1n) is 6.37. The number of esters is 1. The highest BCUT2D eigenvalue weighted by atomic mass is 79.9. The van der Waals surface area contributed by atoms with Gasteiger partial charge in [-0.15, -0.1) is 0 Å². The molecule has 0 amide bonds. The molecule has 0 unspecified atom stereocenters. The molecule has 0 bridgehead atoms. The highest BCUT2D eigenvalue weighted by molar-refractivity contribution is 9.10. The molecule has 106 valence electrons. The van der Waals surface area contributed by atoms with E-state index in [1.54, 1.807) is 12.4 Å². The maximum atomic E-state index is 11.6. The van der Waals surface area contributed by atoms with Gasteiger partial charge in [-0.3, -0.25) is 14.8 Å². The molecule has 0 atom stereocenters. The molecule has 0 aliphatic rings. The number of pyridine rings is 2. The third kappa shape index (κ3) is 3.25. The molecule has 0 aliphatic heterocycles. The van der Waals surface area contributed by atoms with Gasteiger partial charge in [-0.25, -0.2) is 0 Å². The number of fused-ring (bicyclic) bond motifs is 1. The summed E-state index contributed by atoms with van der Waals surface area (Å²) < 4.78 is 5.63. The van der Waals surface area contributed by atoms with Gasteiger partial charge in [0.15, 0.2) is 0 Å². The SMILES string of the molecule is CCCN(CC(=O)OC)c1ccnc2cc(Br)cnc12. The maximum Gasteiger partial charge on any atom is 0.325 e. The molecule has 2 aromatic heterocycles. The van der Waals surface area contributed by atoms with Crippen molar-refractivity contribution in [2.75, 3.05) is 25.1 Å². The largest absolute Gasteiger partial charge is 0.468 e. The van der Waals surface area contributed by atoms with Crippen molar-refractivity contribution in [3.63, 3.8) is 0 Å². The molecule has 0 radical (unpaired) electrons. The monoisotopic (exact) mass is 337 g/mol. The van der Waals surface area contributed by atoms with E-state index in [0.717, 1.165) is 34.2 Å². The van der Waals surface area contributed by atoms with E-state index in [9.17, 15) is 4.79 Å². The molecule has 2 rings (SSSR count). The number of methoxy groups -OCH3 is 1. The van der Waals surface area contributed by atoms with E-state index < -0.39 is 0 Å². The number of hydrogen-bond acceptors (Lipinski definition) is 5. The van der Waals surface area contributed by atoms with Crippen molar-refractivity contribution >= 4 is 38.6 Å². The molecule has 0 N–H and O–H groups in total. The quantitative estimate of drug-likeness (QED) is 0.785. The number of carbonyl (C=O) groups is 1. The van der Waals surface area contributed by atoms with E-state index in [2.05, 4.69) is 32.8 Å². The van der Waals surface area contributed by atoms with Crippen LogP contribution in [-0.4, -0.2) is 36.1 Å². The van der Waals surface area contributed by atoms with E-state index in [4.69, 9.17) is 4.74 Å². The fourth-order valence-electron chi connectivity index (χ4n) is 2.02. The Balaban J connectivity index is 2.44. The number of rotatable bonds is 5. The first-order chi connectivity index (χ1) is 9.65. The molecule has 5 nitrogen and oxygen atoms in total. The molecule has 0 aromatic carbocycles. The van der Waals surface area contributed by atoms with E-state index in [0.29, 0.717) is 0 Å². The average molecular weight is 338 g/mol. The zero-order chi connectivity index (χ0) is 14.5. The number of ether oxygens (including phenoxy) is 1. The molecule has 20 heavy (non-hydrogen) atoms. The van der Waals surface area contributed by atoms with Crippen LogP contribution in [0.5, 0.6) is 0 Å². The molecule has 6 heteroatoms. The van der Waals surface area contributed by atoms with Gasteiger partial charge < -0.3 is 9.64 Å². The first-order valence-corrected chi connectivity index (χ1v) is 7.17. The highest BCUT2D eigenvalue weighted by Gasteiger charge is 2.15. The third-order valence-corrected chi connectivity index (χ3v) is 3.34. The predicted octanol–water partition coefficient (Wildman–Crippen LogP) is 2.78. The molecule has 0 saturated heterocycles. The van der Waals surface area contributed by atoms with E-state index in [1.807, 2.05) is 17.0 Å². The van der Waals surface area contributed by atoms with Crippen LogP contribution in [0.3, 0.4) is 0 Å². The Morgan fingerprint density at radius 1 is 1.45 bits per heavy atom. The molecule has 0 saturated carbocycles. The van der Waals surface area contributed by atoms with Gasteiger partial charge in [0.25, 0.3) is 0 Å². The number of anilines is 1. The predicted molar refractivity (Wildman–Crippen MR) is 81.8 cm³/mol. The lowest BCUT2D eigenvalue weighted by Gasteiger charge is -2.23. The lowest BCUT2D eigenvalue weighted by Crippen LogP contribution is -2.31. The van der Waals surface area contributed by atoms with Crippen LogP contribution in [0.15, 0.2) is 29.0 Å². The van der Waals surface area contributed by atoms with Crippen LogP contribution in [0.2, 0.25) is 0 Å². The molecule has 2 heterocycles. The van der Waals surface area contributed by atoms with Crippen LogP contribution in [0, 0.1) is 0 Å². The minimum Gasteiger partial charge on any atom is -0.468 e. The fraction of sp³-hybridized carbons (Fsp3) is 0.357. The highest BCUT2D eigenvalue weighted by Crippen LogP contribution is 2.25. The summed E-state index contributed by atoms with van der Waals surface area (Å²) >= 11 is 3.39. The van der Waals surface area contributed by atoms with Crippen molar-refractivity contribution < 1.29 is 9.53 Å². The Morgan fingerprint density at radius 3 is 2.95 bits per heavy atom. The summed E-state index contributed by atoms with van der Waals surface area (Å²) in [4.78, 5) is 22.2. The normalized spacial score (nSPS) is 10.6. The summed E-state index contributed by atoms with van der Waals surface area (Å²) in [5.41, 5.74) is 2.48. The minimum absolute atomic E-state index is 0.210. The van der Waals surface area contributed by atoms with Gasteiger partial charge in [-0.2, -0.15) is 0 Å². The Hall–Kier alpha value is -1.69. The van der Waals surface area contributed by atoms with Gasteiger partial charge >= 0.3 is 5.97 Å². The zero-order valence-electron chi connectivity index (χ0n) is 11.5. The number of halogens is 1. The molecular formula is C14H16BrN3O2. The van der Waals surface area contributed by atoms with Crippen LogP contribution in [-0.2, 0) is 9.53 Å². The van der Waals surface area contributed by atoms with E-state index >= 15 is 0 Å². The number of carbonyl (C=O) groups excluding carboxylic acids is 1. The second-order valence-electron chi connectivity index (χ2n) is 4.35. The van der Waals surface area contributed by atoms with Gasteiger partial charge in [-0.05, 0) is 34.5 Å². The minimum atomic E-state index is -0.263. The summed E-state index contributed by atoms with van der Waals surface area (Å²) in [5, 5.41) is 0. The van der Waals surface area contributed by atoms with E-state index in [-0.39, 0.29) is 12.5 Å². The Kier molecular flexibility index (Phi) is 4.89. The smallest absolute Gasteiger partial charge is 0.325 e. The van der Waals surface area contributed by atoms with Crippen LogP contribution in [0.4, 0.5) is 5.69 Å². The van der Waals surface area contributed by atoms with E-state index in [1.165, 1.54) is 7.11 Å². The lowest BCUT2D eigenvalue weighted by molar-refractivity contribution is -0.138. The molecule has 2 aromatic rings. The number of nitrogens with zero attached hydrogens (tertiary/aromatic N) is 3. The van der Waals surface area contributed by atoms with Crippen molar-refractivity contribution in [1.29, 1.82) is 0 Å². The van der Waals surface area contributed by atoms with Crippen molar-refractivity contribution in [2.24, 2.45) is 0 Å².